The van der Waals surface area contributed by atoms with Gasteiger partial charge >= 0.3 is 0 Å². The molecule has 1 N–H and O–H groups in total. The molecule has 0 radical (unpaired) electrons. The molecule has 1 saturated heterocycles. The standard InChI is InChI=1S/C24H19ClN2O5/c1-31-18-13-19(32-2)16(25)12-15(18)22(28)20-21(17-10-6-7-11-26-17)27(24(30)23(20)29)14-8-4-3-5-9-14/h3-13,21,28H,1-2H3/b22-20+. The van der Waals surface area contributed by atoms with Crippen molar-refractivity contribution in [3.63, 3.8) is 0 Å². The second-order valence-corrected chi connectivity index (χ2v) is 7.35. The van der Waals surface area contributed by atoms with Crippen LogP contribution in [0.4, 0.5) is 5.69 Å². The van der Waals surface area contributed by atoms with Crippen LogP contribution in [0.15, 0.2) is 72.4 Å². The second kappa shape index (κ2) is 8.72. The van der Waals surface area contributed by atoms with Gasteiger partial charge in [-0.1, -0.05) is 35.9 Å². The van der Waals surface area contributed by atoms with E-state index in [1.54, 1.807) is 54.7 Å². The zero-order valence-corrected chi connectivity index (χ0v) is 18.0. The van der Waals surface area contributed by atoms with E-state index in [4.69, 9.17) is 21.1 Å². The van der Waals surface area contributed by atoms with Crippen LogP contribution >= 0.6 is 11.6 Å². The van der Waals surface area contributed by atoms with Gasteiger partial charge in [-0.2, -0.15) is 0 Å². The highest BCUT2D eigenvalue weighted by atomic mass is 35.5. The highest BCUT2D eigenvalue weighted by Gasteiger charge is 2.47. The molecule has 1 atom stereocenters. The Morgan fingerprint density at radius 3 is 2.31 bits per heavy atom. The van der Waals surface area contributed by atoms with Crippen molar-refractivity contribution in [2.75, 3.05) is 19.1 Å². The average Bonchev–Trinajstić information content (AvgIpc) is 3.10. The number of benzene rings is 2. The van der Waals surface area contributed by atoms with Crippen LogP contribution in [-0.4, -0.2) is 36.0 Å². The lowest BCUT2D eigenvalue weighted by Crippen LogP contribution is -2.29. The number of rotatable bonds is 5. The van der Waals surface area contributed by atoms with Gasteiger partial charge in [-0.15, -0.1) is 0 Å². The molecule has 1 aromatic heterocycles. The number of Topliss-reactive ketones (excluding diaryl/α,β-unsaturated/α-hetero) is 1. The third kappa shape index (κ3) is 3.56. The van der Waals surface area contributed by atoms with Crippen molar-refractivity contribution in [3.05, 3.63) is 88.7 Å². The average molecular weight is 451 g/mol. The fourth-order valence-corrected chi connectivity index (χ4v) is 3.94. The van der Waals surface area contributed by atoms with Gasteiger partial charge in [0.05, 0.1) is 36.1 Å². The van der Waals surface area contributed by atoms with Crippen molar-refractivity contribution in [2.24, 2.45) is 0 Å². The first-order chi connectivity index (χ1) is 15.5. The van der Waals surface area contributed by atoms with Crippen molar-refractivity contribution in [2.45, 2.75) is 6.04 Å². The molecule has 0 bridgehead atoms. The number of methoxy groups -OCH3 is 2. The molecular formula is C24H19ClN2O5. The maximum atomic E-state index is 13.2. The summed E-state index contributed by atoms with van der Waals surface area (Å²) < 4.78 is 10.6. The minimum atomic E-state index is -0.941. The fraction of sp³-hybridized carbons (Fsp3) is 0.125. The summed E-state index contributed by atoms with van der Waals surface area (Å²) in [4.78, 5) is 31.9. The number of aliphatic hydroxyl groups is 1. The Labute approximate surface area is 189 Å². The van der Waals surface area contributed by atoms with E-state index >= 15 is 0 Å². The summed E-state index contributed by atoms with van der Waals surface area (Å²) in [6.07, 6.45) is 1.56. The molecule has 0 saturated carbocycles. The molecule has 1 amide bonds. The minimum Gasteiger partial charge on any atom is -0.507 e. The second-order valence-electron chi connectivity index (χ2n) is 6.95. The van der Waals surface area contributed by atoms with Gasteiger partial charge in [0.2, 0.25) is 0 Å². The van der Waals surface area contributed by atoms with E-state index < -0.39 is 23.5 Å². The lowest BCUT2D eigenvalue weighted by Gasteiger charge is -2.24. The van der Waals surface area contributed by atoms with Crippen LogP contribution in [0.2, 0.25) is 5.02 Å². The van der Waals surface area contributed by atoms with Crippen LogP contribution < -0.4 is 14.4 Å². The highest BCUT2D eigenvalue weighted by molar-refractivity contribution is 6.51. The normalized spacial score (nSPS) is 17.5. The lowest BCUT2D eigenvalue weighted by atomic mass is 9.97. The number of aliphatic hydroxyl groups excluding tert-OH is 1. The Bertz CT molecular complexity index is 1210. The smallest absolute Gasteiger partial charge is 0.300 e. The summed E-state index contributed by atoms with van der Waals surface area (Å²) in [6.45, 7) is 0. The third-order valence-corrected chi connectivity index (χ3v) is 5.47. The zero-order valence-electron chi connectivity index (χ0n) is 17.3. The Morgan fingerprint density at radius 2 is 1.69 bits per heavy atom. The van der Waals surface area contributed by atoms with Crippen molar-refractivity contribution in [1.82, 2.24) is 4.98 Å². The predicted octanol–water partition coefficient (Wildman–Crippen LogP) is 4.38. The van der Waals surface area contributed by atoms with Crippen LogP contribution in [0, 0.1) is 0 Å². The summed E-state index contributed by atoms with van der Waals surface area (Å²) in [5.74, 6) is -1.46. The SMILES string of the molecule is COc1cc(OC)c(/C(O)=C2\C(=O)C(=O)N(c3ccccc3)C2c2ccccn2)cc1Cl. The quantitative estimate of drug-likeness (QED) is 0.352. The van der Waals surface area contributed by atoms with Gasteiger partial charge < -0.3 is 14.6 Å². The van der Waals surface area contributed by atoms with E-state index in [2.05, 4.69) is 4.98 Å². The molecule has 2 aromatic carbocycles. The van der Waals surface area contributed by atoms with E-state index in [1.165, 1.54) is 31.3 Å². The molecule has 1 unspecified atom stereocenters. The molecule has 7 nitrogen and oxygen atoms in total. The molecule has 2 heterocycles. The Kier molecular flexibility index (Phi) is 5.83. The number of carbonyl (C=O) groups is 2. The number of hydrogen-bond donors (Lipinski definition) is 1. The monoisotopic (exact) mass is 450 g/mol. The van der Waals surface area contributed by atoms with Gasteiger partial charge in [0.25, 0.3) is 11.7 Å². The number of carbonyl (C=O) groups excluding carboxylic acids is 2. The third-order valence-electron chi connectivity index (χ3n) is 5.18. The van der Waals surface area contributed by atoms with Gasteiger partial charge in [0, 0.05) is 18.0 Å². The van der Waals surface area contributed by atoms with Gasteiger partial charge in [0.15, 0.2) is 0 Å². The Balaban J connectivity index is 1.98. The summed E-state index contributed by atoms with van der Waals surface area (Å²) in [7, 11) is 2.87. The van der Waals surface area contributed by atoms with Crippen LogP contribution in [-0.2, 0) is 9.59 Å². The number of amides is 1. The van der Waals surface area contributed by atoms with E-state index in [0.717, 1.165) is 0 Å². The van der Waals surface area contributed by atoms with E-state index in [1.807, 2.05) is 0 Å². The number of nitrogens with zero attached hydrogens (tertiary/aromatic N) is 2. The molecule has 162 valence electrons. The molecule has 32 heavy (non-hydrogen) atoms. The van der Waals surface area contributed by atoms with Gasteiger partial charge in [0.1, 0.15) is 23.3 Å². The maximum absolute atomic E-state index is 13.2. The number of pyridine rings is 1. The number of ether oxygens (including phenoxy) is 2. The molecule has 4 rings (SSSR count). The largest absolute Gasteiger partial charge is 0.507 e. The molecule has 1 aliphatic rings. The summed E-state index contributed by atoms with van der Waals surface area (Å²) in [5, 5.41) is 11.5. The highest BCUT2D eigenvalue weighted by Crippen LogP contribution is 2.44. The van der Waals surface area contributed by atoms with Crippen LogP contribution in [0.5, 0.6) is 11.5 Å². The summed E-state index contributed by atoms with van der Waals surface area (Å²) in [6, 6.07) is 15.9. The molecule has 0 aliphatic carbocycles. The van der Waals surface area contributed by atoms with Gasteiger partial charge in [-0.3, -0.25) is 19.5 Å². The molecule has 8 heteroatoms. The number of para-hydroxylation sites is 1. The van der Waals surface area contributed by atoms with Crippen LogP contribution in [0.3, 0.4) is 0 Å². The topological polar surface area (TPSA) is 89.0 Å². The fourth-order valence-electron chi connectivity index (χ4n) is 3.70. The molecule has 1 aliphatic heterocycles. The molecular weight excluding hydrogens is 432 g/mol. The van der Waals surface area contributed by atoms with Crippen molar-refractivity contribution in [1.29, 1.82) is 0 Å². The van der Waals surface area contributed by atoms with E-state index in [9.17, 15) is 14.7 Å². The van der Waals surface area contributed by atoms with E-state index in [-0.39, 0.29) is 21.9 Å². The molecule has 3 aromatic rings. The number of aromatic nitrogens is 1. The number of ketones is 1. The number of anilines is 1. The summed E-state index contributed by atoms with van der Waals surface area (Å²) >= 11 is 6.26. The Morgan fingerprint density at radius 1 is 1.00 bits per heavy atom. The van der Waals surface area contributed by atoms with Gasteiger partial charge in [-0.05, 0) is 30.3 Å². The van der Waals surface area contributed by atoms with Crippen LogP contribution in [0.1, 0.15) is 17.3 Å². The Hall–Kier alpha value is -3.84. The molecule has 1 fully saturated rings. The predicted molar refractivity (Wildman–Crippen MR) is 120 cm³/mol. The van der Waals surface area contributed by atoms with Crippen molar-refractivity contribution < 1.29 is 24.2 Å². The number of halogens is 1. The molecule has 0 spiro atoms. The first-order valence-electron chi connectivity index (χ1n) is 9.66. The van der Waals surface area contributed by atoms with E-state index in [0.29, 0.717) is 17.1 Å². The number of hydrogen-bond acceptors (Lipinski definition) is 6. The van der Waals surface area contributed by atoms with Gasteiger partial charge in [-0.25, -0.2) is 0 Å². The lowest BCUT2D eigenvalue weighted by molar-refractivity contribution is -0.132. The summed E-state index contributed by atoms with van der Waals surface area (Å²) in [5.41, 5.74) is 0.974. The first-order valence-corrected chi connectivity index (χ1v) is 10.0. The maximum Gasteiger partial charge on any atom is 0.300 e. The van der Waals surface area contributed by atoms with Crippen molar-refractivity contribution in [3.8, 4) is 11.5 Å². The van der Waals surface area contributed by atoms with Crippen LogP contribution in [0.25, 0.3) is 5.76 Å². The minimum absolute atomic E-state index is 0.114. The first kappa shape index (κ1) is 21.4. The zero-order chi connectivity index (χ0) is 22.8. The van der Waals surface area contributed by atoms with Crippen molar-refractivity contribution >= 4 is 34.7 Å².